The number of carbonyl (C=O) groups excluding carboxylic acids is 2. The van der Waals surface area contributed by atoms with E-state index in [9.17, 15) is 19.5 Å². The standard InChI is InChI=1S/C20H30N2O5/c1-5-14(4)17(18(23)21-16(19(24)25)11-13(2)3)22-20(26)27-12-15-9-7-6-8-10-15/h6-10,13-14,16-17H,5,11-12H2,1-4H3,(H,21,23)(H,22,26)(H,24,25)/t14-,16+,17-/m0/s1. The average Bonchev–Trinajstić information content (AvgIpc) is 2.63. The van der Waals surface area contributed by atoms with Gasteiger partial charge in [0.2, 0.25) is 5.91 Å². The van der Waals surface area contributed by atoms with Crippen LogP contribution >= 0.6 is 0 Å². The van der Waals surface area contributed by atoms with E-state index in [4.69, 9.17) is 4.74 Å². The maximum absolute atomic E-state index is 12.6. The van der Waals surface area contributed by atoms with Crippen molar-refractivity contribution in [1.29, 1.82) is 0 Å². The van der Waals surface area contributed by atoms with Gasteiger partial charge < -0.3 is 20.5 Å². The zero-order valence-corrected chi connectivity index (χ0v) is 16.4. The molecule has 0 unspecified atom stereocenters. The highest BCUT2D eigenvalue weighted by Gasteiger charge is 2.30. The number of benzene rings is 1. The second kappa shape index (κ2) is 11.2. The van der Waals surface area contributed by atoms with E-state index in [1.54, 1.807) is 0 Å². The molecule has 1 aromatic carbocycles. The van der Waals surface area contributed by atoms with Crippen LogP contribution in [0.1, 0.15) is 46.1 Å². The van der Waals surface area contributed by atoms with Crippen molar-refractivity contribution in [2.24, 2.45) is 11.8 Å². The first-order valence-electron chi connectivity index (χ1n) is 9.24. The summed E-state index contributed by atoms with van der Waals surface area (Å²) in [4.78, 5) is 36.1. The summed E-state index contributed by atoms with van der Waals surface area (Å²) < 4.78 is 5.17. The molecule has 27 heavy (non-hydrogen) atoms. The van der Waals surface area contributed by atoms with Crippen molar-refractivity contribution in [3.8, 4) is 0 Å². The van der Waals surface area contributed by atoms with Crippen LogP contribution in [0.2, 0.25) is 0 Å². The molecule has 0 heterocycles. The van der Waals surface area contributed by atoms with E-state index in [1.807, 2.05) is 58.0 Å². The van der Waals surface area contributed by atoms with E-state index in [0.29, 0.717) is 12.8 Å². The Morgan fingerprint density at radius 3 is 2.22 bits per heavy atom. The summed E-state index contributed by atoms with van der Waals surface area (Å²) in [6.07, 6.45) is 0.237. The maximum Gasteiger partial charge on any atom is 0.408 e. The number of alkyl carbamates (subject to hydrolysis) is 1. The van der Waals surface area contributed by atoms with Gasteiger partial charge in [0.05, 0.1) is 0 Å². The van der Waals surface area contributed by atoms with Crippen molar-refractivity contribution in [2.75, 3.05) is 0 Å². The molecule has 150 valence electrons. The second-order valence-electron chi connectivity index (χ2n) is 7.10. The van der Waals surface area contributed by atoms with Gasteiger partial charge in [0.1, 0.15) is 18.7 Å². The van der Waals surface area contributed by atoms with Crippen LogP contribution in [0.4, 0.5) is 4.79 Å². The van der Waals surface area contributed by atoms with Crippen LogP contribution in [0.25, 0.3) is 0 Å². The molecule has 0 aromatic heterocycles. The van der Waals surface area contributed by atoms with Gasteiger partial charge in [-0.05, 0) is 23.8 Å². The van der Waals surface area contributed by atoms with Crippen molar-refractivity contribution < 1.29 is 24.2 Å². The highest BCUT2D eigenvalue weighted by Crippen LogP contribution is 2.11. The lowest BCUT2D eigenvalue weighted by Crippen LogP contribution is -2.54. The Morgan fingerprint density at radius 2 is 1.70 bits per heavy atom. The Kier molecular flexibility index (Phi) is 9.33. The molecule has 0 radical (unpaired) electrons. The first-order valence-corrected chi connectivity index (χ1v) is 9.24. The molecular weight excluding hydrogens is 348 g/mol. The summed E-state index contributed by atoms with van der Waals surface area (Å²) in [7, 11) is 0. The van der Waals surface area contributed by atoms with Crippen molar-refractivity contribution >= 4 is 18.0 Å². The van der Waals surface area contributed by atoms with Gasteiger partial charge in [-0.1, -0.05) is 64.4 Å². The third-order valence-electron chi connectivity index (χ3n) is 4.30. The first kappa shape index (κ1) is 22.5. The molecular formula is C20H30N2O5. The number of hydrogen-bond acceptors (Lipinski definition) is 4. The van der Waals surface area contributed by atoms with Crippen LogP contribution in [0.3, 0.4) is 0 Å². The number of nitrogens with one attached hydrogen (secondary N) is 2. The molecule has 3 N–H and O–H groups in total. The summed E-state index contributed by atoms with van der Waals surface area (Å²) in [5, 5.41) is 14.4. The Labute approximate surface area is 160 Å². The highest BCUT2D eigenvalue weighted by molar-refractivity contribution is 5.89. The minimum Gasteiger partial charge on any atom is -0.480 e. The fourth-order valence-electron chi connectivity index (χ4n) is 2.55. The van der Waals surface area contributed by atoms with E-state index in [-0.39, 0.29) is 18.4 Å². The van der Waals surface area contributed by atoms with Gasteiger partial charge in [0, 0.05) is 0 Å². The largest absolute Gasteiger partial charge is 0.480 e. The van der Waals surface area contributed by atoms with Crippen molar-refractivity contribution in [1.82, 2.24) is 10.6 Å². The van der Waals surface area contributed by atoms with Crippen LogP contribution in [0.5, 0.6) is 0 Å². The van der Waals surface area contributed by atoms with Crippen molar-refractivity contribution in [3.05, 3.63) is 35.9 Å². The highest BCUT2D eigenvalue weighted by atomic mass is 16.5. The Balaban J connectivity index is 2.71. The predicted molar refractivity (Wildman–Crippen MR) is 102 cm³/mol. The molecule has 0 aliphatic rings. The number of carbonyl (C=O) groups is 3. The second-order valence-corrected chi connectivity index (χ2v) is 7.10. The molecule has 0 bridgehead atoms. The number of ether oxygens (including phenoxy) is 1. The summed E-state index contributed by atoms with van der Waals surface area (Å²) in [5.41, 5.74) is 0.833. The smallest absolute Gasteiger partial charge is 0.408 e. The molecule has 2 amide bonds. The summed E-state index contributed by atoms with van der Waals surface area (Å²) >= 11 is 0. The zero-order chi connectivity index (χ0) is 20.4. The van der Waals surface area contributed by atoms with E-state index in [0.717, 1.165) is 5.56 Å². The fraction of sp³-hybridized carbons (Fsp3) is 0.550. The van der Waals surface area contributed by atoms with Crippen LogP contribution in [0, 0.1) is 11.8 Å². The Bertz CT molecular complexity index is 618. The summed E-state index contributed by atoms with van der Waals surface area (Å²) in [5.74, 6) is -1.68. The average molecular weight is 378 g/mol. The molecule has 1 rings (SSSR count). The number of aliphatic carboxylic acids is 1. The van der Waals surface area contributed by atoms with Crippen LogP contribution < -0.4 is 10.6 Å². The SMILES string of the molecule is CC[C@H](C)[C@H](NC(=O)OCc1ccccc1)C(=O)N[C@H](CC(C)C)C(=O)O. The molecule has 7 heteroatoms. The molecule has 0 saturated heterocycles. The molecule has 0 spiro atoms. The Hall–Kier alpha value is -2.57. The number of amides is 2. The van der Waals surface area contributed by atoms with Gasteiger partial charge in [0.15, 0.2) is 0 Å². The first-order chi connectivity index (χ1) is 12.7. The minimum atomic E-state index is -1.09. The summed E-state index contributed by atoms with van der Waals surface area (Å²) in [6, 6.07) is 7.34. The van der Waals surface area contributed by atoms with E-state index in [1.165, 1.54) is 0 Å². The van der Waals surface area contributed by atoms with Crippen LogP contribution in [0.15, 0.2) is 30.3 Å². The van der Waals surface area contributed by atoms with Crippen LogP contribution in [-0.4, -0.2) is 35.2 Å². The Morgan fingerprint density at radius 1 is 1.07 bits per heavy atom. The predicted octanol–water partition coefficient (Wildman–Crippen LogP) is 2.94. The zero-order valence-electron chi connectivity index (χ0n) is 16.4. The lowest BCUT2D eigenvalue weighted by Gasteiger charge is -2.25. The quantitative estimate of drug-likeness (QED) is 0.581. The van der Waals surface area contributed by atoms with Crippen LogP contribution in [-0.2, 0) is 20.9 Å². The number of carboxylic acid groups (broad SMARTS) is 1. The molecule has 0 aliphatic carbocycles. The molecule has 3 atom stereocenters. The van der Waals surface area contributed by atoms with Gasteiger partial charge in [-0.15, -0.1) is 0 Å². The third-order valence-corrected chi connectivity index (χ3v) is 4.30. The third kappa shape index (κ3) is 8.11. The van der Waals surface area contributed by atoms with E-state index in [2.05, 4.69) is 10.6 Å². The van der Waals surface area contributed by atoms with E-state index >= 15 is 0 Å². The molecule has 1 aromatic rings. The number of rotatable bonds is 10. The lowest BCUT2D eigenvalue weighted by atomic mass is 9.97. The minimum absolute atomic E-state index is 0.0899. The normalized spacial score (nSPS) is 14.1. The topological polar surface area (TPSA) is 105 Å². The van der Waals surface area contributed by atoms with Crippen molar-refractivity contribution in [3.63, 3.8) is 0 Å². The molecule has 7 nitrogen and oxygen atoms in total. The van der Waals surface area contributed by atoms with Gasteiger partial charge in [0.25, 0.3) is 0 Å². The van der Waals surface area contributed by atoms with Crippen molar-refractivity contribution in [2.45, 2.75) is 59.2 Å². The fourth-order valence-corrected chi connectivity index (χ4v) is 2.55. The van der Waals surface area contributed by atoms with Gasteiger partial charge in [-0.25, -0.2) is 9.59 Å². The van der Waals surface area contributed by atoms with Gasteiger partial charge in [-0.2, -0.15) is 0 Å². The number of hydrogen-bond donors (Lipinski definition) is 3. The lowest BCUT2D eigenvalue weighted by molar-refractivity contribution is -0.142. The monoisotopic (exact) mass is 378 g/mol. The summed E-state index contributed by atoms with van der Waals surface area (Å²) in [6.45, 7) is 7.57. The number of carboxylic acids is 1. The molecule has 0 saturated carbocycles. The van der Waals surface area contributed by atoms with E-state index < -0.39 is 30.1 Å². The van der Waals surface area contributed by atoms with Gasteiger partial charge >= 0.3 is 12.1 Å². The van der Waals surface area contributed by atoms with Gasteiger partial charge in [-0.3, -0.25) is 4.79 Å². The molecule has 0 aliphatic heterocycles. The molecule has 0 fully saturated rings. The maximum atomic E-state index is 12.6.